The van der Waals surface area contributed by atoms with Gasteiger partial charge in [-0.05, 0) is 30.3 Å². The van der Waals surface area contributed by atoms with Crippen LogP contribution in [0.2, 0.25) is 5.02 Å². The third-order valence-corrected chi connectivity index (χ3v) is 3.23. The van der Waals surface area contributed by atoms with Gasteiger partial charge in [0.25, 0.3) is 5.91 Å². The molecule has 3 rings (SSSR count). The first kappa shape index (κ1) is 13.2. The minimum absolute atomic E-state index is 0.181. The van der Waals surface area contributed by atoms with E-state index in [4.69, 9.17) is 21.3 Å². The molecule has 0 fully saturated rings. The largest absolute Gasteiger partial charge is 0.451 e. The van der Waals surface area contributed by atoms with Gasteiger partial charge < -0.3 is 9.73 Å². The average molecular weight is 297 g/mol. The Morgan fingerprint density at radius 3 is 2.76 bits per heavy atom. The maximum atomic E-state index is 12.2. The Hall–Kier alpha value is -2.77. The summed E-state index contributed by atoms with van der Waals surface area (Å²) in [6.07, 6.45) is 0. The van der Waals surface area contributed by atoms with Crippen molar-refractivity contribution >= 4 is 34.2 Å². The second-order valence-corrected chi connectivity index (χ2v) is 4.84. The van der Waals surface area contributed by atoms with Crippen LogP contribution < -0.4 is 5.32 Å². The Bertz CT molecular complexity index is 844. The zero-order chi connectivity index (χ0) is 14.8. The molecule has 0 aliphatic heterocycles. The third kappa shape index (κ3) is 2.60. The number of hydrogen-bond acceptors (Lipinski definition) is 3. The van der Waals surface area contributed by atoms with Gasteiger partial charge in [0, 0.05) is 10.4 Å². The maximum Gasteiger partial charge on any atom is 0.291 e. The number of furan rings is 1. The summed E-state index contributed by atoms with van der Waals surface area (Å²) < 4.78 is 5.48. The van der Waals surface area contributed by atoms with E-state index in [1.165, 1.54) is 6.07 Å². The molecule has 0 spiro atoms. The minimum Gasteiger partial charge on any atom is -0.451 e. The number of nitrogens with one attached hydrogen (secondary N) is 1. The lowest BCUT2D eigenvalue weighted by Gasteiger charge is -2.05. The van der Waals surface area contributed by atoms with E-state index in [0.29, 0.717) is 21.9 Å². The van der Waals surface area contributed by atoms with Crippen molar-refractivity contribution in [1.29, 1.82) is 5.26 Å². The van der Waals surface area contributed by atoms with Crippen LogP contribution in [0.3, 0.4) is 0 Å². The molecule has 0 aliphatic carbocycles. The van der Waals surface area contributed by atoms with Crippen molar-refractivity contribution in [2.24, 2.45) is 0 Å². The van der Waals surface area contributed by atoms with E-state index in [9.17, 15) is 4.79 Å². The van der Waals surface area contributed by atoms with Gasteiger partial charge in [0.1, 0.15) is 11.7 Å². The first-order valence-corrected chi connectivity index (χ1v) is 6.55. The molecule has 0 atom stereocenters. The van der Waals surface area contributed by atoms with Crippen molar-refractivity contribution < 1.29 is 9.21 Å². The van der Waals surface area contributed by atoms with E-state index >= 15 is 0 Å². The standard InChI is InChI=1S/C16H9ClN2O2/c17-12-6-5-11(9-18)13(8-12)19-16(20)15-7-10-3-1-2-4-14(10)21-15/h1-8H,(H,19,20). The molecule has 2 aromatic carbocycles. The van der Waals surface area contributed by atoms with E-state index in [0.717, 1.165) is 5.39 Å². The molecular formula is C16H9ClN2O2. The highest BCUT2D eigenvalue weighted by molar-refractivity contribution is 6.31. The second kappa shape index (κ2) is 5.31. The fourth-order valence-corrected chi connectivity index (χ4v) is 2.17. The minimum atomic E-state index is -0.426. The molecule has 0 bridgehead atoms. The van der Waals surface area contributed by atoms with Crippen LogP contribution in [0.1, 0.15) is 16.1 Å². The van der Waals surface area contributed by atoms with Gasteiger partial charge >= 0.3 is 0 Å². The van der Waals surface area contributed by atoms with E-state index in [1.54, 1.807) is 24.3 Å². The van der Waals surface area contributed by atoms with Crippen LogP contribution in [0, 0.1) is 11.3 Å². The topological polar surface area (TPSA) is 66.0 Å². The molecule has 1 aromatic heterocycles. The molecule has 3 aromatic rings. The molecule has 0 saturated carbocycles. The third-order valence-electron chi connectivity index (χ3n) is 3.00. The molecule has 102 valence electrons. The quantitative estimate of drug-likeness (QED) is 0.770. The van der Waals surface area contributed by atoms with Crippen LogP contribution in [0.25, 0.3) is 11.0 Å². The molecule has 0 radical (unpaired) electrons. The average Bonchev–Trinajstić information content (AvgIpc) is 2.91. The summed E-state index contributed by atoms with van der Waals surface area (Å²) >= 11 is 5.88. The summed E-state index contributed by atoms with van der Waals surface area (Å²) in [5.74, 6) is -0.245. The van der Waals surface area contributed by atoms with Gasteiger partial charge in [-0.1, -0.05) is 29.8 Å². The first-order valence-electron chi connectivity index (χ1n) is 6.17. The van der Waals surface area contributed by atoms with Crippen LogP contribution in [-0.2, 0) is 0 Å². The van der Waals surface area contributed by atoms with Crippen molar-refractivity contribution in [3.8, 4) is 6.07 Å². The summed E-state index contributed by atoms with van der Waals surface area (Å²) in [7, 11) is 0. The Labute approximate surface area is 125 Å². The number of nitrogens with zero attached hydrogens (tertiary/aromatic N) is 1. The molecule has 5 heteroatoms. The number of fused-ring (bicyclic) bond motifs is 1. The Morgan fingerprint density at radius 2 is 2.00 bits per heavy atom. The van der Waals surface area contributed by atoms with E-state index in [2.05, 4.69) is 5.32 Å². The summed E-state index contributed by atoms with van der Waals surface area (Å²) in [5, 5.41) is 13.0. The molecule has 4 nitrogen and oxygen atoms in total. The van der Waals surface area contributed by atoms with Crippen molar-refractivity contribution in [2.45, 2.75) is 0 Å². The van der Waals surface area contributed by atoms with Crippen LogP contribution >= 0.6 is 11.6 Å². The van der Waals surface area contributed by atoms with E-state index < -0.39 is 5.91 Å². The summed E-state index contributed by atoms with van der Waals surface area (Å²) in [6, 6.07) is 15.7. The van der Waals surface area contributed by atoms with Gasteiger partial charge in [-0.3, -0.25) is 4.79 Å². The zero-order valence-electron chi connectivity index (χ0n) is 10.8. The number of hydrogen-bond donors (Lipinski definition) is 1. The highest BCUT2D eigenvalue weighted by atomic mass is 35.5. The fraction of sp³-hybridized carbons (Fsp3) is 0. The van der Waals surface area contributed by atoms with Crippen LogP contribution in [0.5, 0.6) is 0 Å². The zero-order valence-corrected chi connectivity index (χ0v) is 11.5. The monoisotopic (exact) mass is 296 g/mol. The normalized spacial score (nSPS) is 10.3. The van der Waals surface area contributed by atoms with Crippen molar-refractivity contribution in [1.82, 2.24) is 0 Å². The van der Waals surface area contributed by atoms with Crippen LogP contribution in [0.15, 0.2) is 52.9 Å². The number of halogens is 1. The molecule has 1 amide bonds. The molecule has 0 aliphatic rings. The number of para-hydroxylation sites is 1. The Kier molecular flexibility index (Phi) is 3.35. The van der Waals surface area contributed by atoms with Crippen molar-refractivity contribution in [3.05, 3.63) is 64.9 Å². The summed E-state index contributed by atoms with van der Waals surface area (Å²) in [6.45, 7) is 0. The van der Waals surface area contributed by atoms with Gasteiger partial charge in [-0.15, -0.1) is 0 Å². The number of nitriles is 1. The van der Waals surface area contributed by atoms with Gasteiger partial charge in [-0.25, -0.2) is 0 Å². The van der Waals surface area contributed by atoms with Gasteiger partial charge in [-0.2, -0.15) is 5.26 Å². The lowest BCUT2D eigenvalue weighted by molar-refractivity contribution is 0.0998. The van der Waals surface area contributed by atoms with Crippen LogP contribution in [0.4, 0.5) is 5.69 Å². The number of amides is 1. The van der Waals surface area contributed by atoms with E-state index in [-0.39, 0.29) is 5.76 Å². The Balaban J connectivity index is 1.93. The van der Waals surface area contributed by atoms with Crippen molar-refractivity contribution in [3.63, 3.8) is 0 Å². The van der Waals surface area contributed by atoms with Gasteiger partial charge in [0.05, 0.1) is 11.3 Å². The predicted molar refractivity (Wildman–Crippen MR) is 80.3 cm³/mol. The highest BCUT2D eigenvalue weighted by Crippen LogP contribution is 2.23. The molecule has 0 unspecified atom stereocenters. The molecule has 21 heavy (non-hydrogen) atoms. The van der Waals surface area contributed by atoms with Crippen LogP contribution in [-0.4, -0.2) is 5.91 Å². The smallest absolute Gasteiger partial charge is 0.291 e. The molecule has 0 saturated heterocycles. The molecule has 1 heterocycles. The van der Waals surface area contributed by atoms with Gasteiger partial charge in [0.2, 0.25) is 0 Å². The summed E-state index contributed by atoms with van der Waals surface area (Å²) in [5.41, 5.74) is 1.33. The number of rotatable bonds is 2. The number of carbonyl (C=O) groups is 1. The first-order chi connectivity index (χ1) is 10.2. The van der Waals surface area contributed by atoms with Crippen molar-refractivity contribution in [2.75, 3.05) is 5.32 Å². The van der Waals surface area contributed by atoms with E-state index in [1.807, 2.05) is 24.3 Å². The molecule has 1 N–H and O–H groups in total. The lowest BCUT2D eigenvalue weighted by Crippen LogP contribution is -2.11. The number of benzene rings is 2. The fourth-order valence-electron chi connectivity index (χ4n) is 2.00. The lowest BCUT2D eigenvalue weighted by atomic mass is 10.2. The molecular weight excluding hydrogens is 288 g/mol. The Morgan fingerprint density at radius 1 is 1.19 bits per heavy atom. The maximum absolute atomic E-state index is 12.2. The number of carbonyl (C=O) groups excluding carboxylic acids is 1. The number of anilines is 1. The summed E-state index contributed by atoms with van der Waals surface area (Å²) in [4.78, 5) is 12.2. The SMILES string of the molecule is N#Cc1ccc(Cl)cc1NC(=O)c1cc2ccccc2o1. The second-order valence-electron chi connectivity index (χ2n) is 4.40. The van der Waals surface area contributed by atoms with Gasteiger partial charge in [0.15, 0.2) is 5.76 Å². The highest BCUT2D eigenvalue weighted by Gasteiger charge is 2.14. The predicted octanol–water partition coefficient (Wildman–Crippen LogP) is 4.21.